The Kier molecular flexibility index (Phi) is 5.38. The molecule has 0 unspecified atom stereocenters. The molecule has 0 saturated carbocycles. The van der Waals surface area contributed by atoms with Crippen LogP contribution in [0.15, 0.2) is 49.1 Å². The Hall–Kier alpha value is -4.38. The smallest absolute Gasteiger partial charge is 0.328 e. The van der Waals surface area contributed by atoms with Gasteiger partial charge in [-0.2, -0.15) is 0 Å². The molecule has 0 bridgehead atoms. The molecule has 0 spiro atoms. The summed E-state index contributed by atoms with van der Waals surface area (Å²) in [7, 11) is 1.31. The molecule has 0 aliphatic carbocycles. The van der Waals surface area contributed by atoms with Crippen LogP contribution in [-0.4, -0.2) is 48.3 Å². The van der Waals surface area contributed by atoms with Crippen LogP contribution < -0.4 is 14.2 Å². The number of amides is 1. The lowest BCUT2D eigenvalue weighted by Crippen LogP contribution is -2.51. The molecule has 8 nitrogen and oxygen atoms in total. The lowest BCUT2D eigenvalue weighted by Gasteiger charge is -2.40. The quantitative estimate of drug-likeness (QED) is 0.359. The van der Waals surface area contributed by atoms with E-state index in [1.165, 1.54) is 18.1 Å². The van der Waals surface area contributed by atoms with Gasteiger partial charge in [0.1, 0.15) is 18.4 Å². The number of H-pyrrole nitrogens is 1. The molecule has 5 rings (SSSR count). The van der Waals surface area contributed by atoms with Crippen LogP contribution in [-0.2, 0) is 20.7 Å². The predicted molar refractivity (Wildman–Crippen MR) is 124 cm³/mol. The number of benzene rings is 2. The van der Waals surface area contributed by atoms with Gasteiger partial charge in [0.2, 0.25) is 12.7 Å². The molecule has 0 radical (unpaired) electrons. The second-order valence-electron chi connectivity index (χ2n) is 7.93. The molecule has 1 aromatic heterocycles. The van der Waals surface area contributed by atoms with Crippen LogP contribution in [0, 0.1) is 12.3 Å². The van der Waals surface area contributed by atoms with Gasteiger partial charge < -0.3 is 28.8 Å². The van der Waals surface area contributed by atoms with Crippen molar-refractivity contribution >= 4 is 22.8 Å². The van der Waals surface area contributed by atoms with Gasteiger partial charge in [-0.3, -0.25) is 4.79 Å². The van der Waals surface area contributed by atoms with E-state index in [-0.39, 0.29) is 25.7 Å². The molecule has 1 amide bonds. The summed E-state index contributed by atoms with van der Waals surface area (Å²) in [5.74, 6) is 3.37. The van der Waals surface area contributed by atoms with Gasteiger partial charge >= 0.3 is 5.97 Å². The van der Waals surface area contributed by atoms with E-state index < -0.39 is 18.1 Å². The van der Waals surface area contributed by atoms with Gasteiger partial charge in [-0.15, -0.1) is 6.42 Å². The highest BCUT2D eigenvalue weighted by Gasteiger charge is 2.43. The van der Waals surface area contributed by atoms with E-state index in [1.54, 1.807) is 6.07 Å². The van der Waals surface area contributed by atoms with E-state index in [2.05, 4.69) is 17.5 Å². The zero-order valence-corrected chi connectivity index (χ0v) is 18.5. The number of carbonyl (C=O) groups excluding carboxylic acids is 2. The molecular formula is C26H22N2O6. The Bertz CT molecular complexity index is 1350. The first kappa shape index (κ1) is 21.5. The first-order valence-corrected chi connectivity index (χ1v) is 10.7. The lowest BCUT2D eigenvalue weighted by molar-refractivity contribution is -0.153. The summed E-state index contributed by atoms with van der Waals surface area (Å²) in [5, 5.41) is 0.884. The molecule has 2 atom stereocenters. The number of hydrogen-bond acceptors (Lipinski definition) is 6. The molecule has 3 aromatic rings. The number of carbonyl (C=O) groups is 2. The van der Waals surface area contributed by atoms with Crippen molar-refractivity contribution in [1.82, 2.24) is 9.88 Å². The highest BCUT2D eigenvalue weighted by Crippen LogP contribution is 2.44. The van der Waals surface area contributed by atoms with Crippen molar-refractivity contribution in [3.63, 3.8) is 0 Å². The van der Waals surface area contributed by atoms with E-state index in [4.69, 9.17) is 25.4 Å². The van der Waals surface area contributed by atoms with Gasteiger partial charge in [-0.25, -0.2) is 4.79 Å². The largest absolute Gasteiger partial charge is 0.481 e. The molecule has 3 heterocycles. The average molecular weight is 458 g/mol. The van der Waals surface area contributed by atoms with E-state index >= 15 is 0 Å². The Morgan fingerprint density at radius 2 is 2.09 bits per heavy atom. The Balaban J connectivity index is 1.72. The van der Waals surface area contributed by atoms with Crippen molar-refractivity contribution in [2.45, 2.75) is 18.5 Å². The maximum Gasteiger partial charge on any atom is 0.328 e. The minimum absolute atomic E-state index is 0.127. The summed E-state index contributed by atoms with van der Waals surface area (Å²) in [6.07, 6.45) is 6.80. The van der Waals surface area contributed by atoms with Crippen molar-refractivity contribution in [1.29, 1.82) is 0 Å². The summed E-state index contributed by atoms with van der Waals surface area (Å²) in [6, 6.07) is 9.61. The highest BCUT2D eigenvalue weighted by atomic mass is 16.7. The number of fused-ring (bicyclic) bond motifs is 4. The Morgan fingerprint density at radius 1 is 1.26 bits per heavy atom. The van der Waals surface area contributed by atoms with Gasteiger partial charge in [-0.1, -0.05) is 18.6 Å². The Morgan fingerprint density at radius 3 is 2.85 bits per heavy atom. The third kappa shape index (κ3) is 3.42. The van der Waals surface area contributed by atoms with Crippen LogP contribution in [0.4, 0.5) is 0 Å². The number of nitrogens with zero attached hydrogens (tertiary/aromatic N) is 1. The standard InChI is InChI=1S/C26H22N2O6/c1-4-10-32-16-7-8-19-17(12-16)18-13-20(26(30)31-3)28(23(29)5-2)25(24(18)27-19)15-6-9-21-22(11-15)34-14-33-21/h1,5-9,11-12,20,25,27H,2,10,13-14H2,3H3/t20-,25+/m1/s1. The molecule has 2 aliphatic rings. The second kappa shape index (κ2) is 8.52. The summed E-state index contributed by atoms with van der Waals surface area (Å²) >= 11 is 0. The average Bonchev–Trinajstić information content (AvgIpc) is 3.48. The number of methoxy groups -OCH3 is 1. The second-order valence-corrected chi connectivity index (χ2v) is 7.93. The van der Waals surface area contributed by atoms with Crippen LogP contribution in [0.3, 0.4) is 0 Å². The molecule has 8 heteroatoms. The minimum Gasteiger partial charge on any atom is -0.481 e. The molecular weight excluding hydrogens is 436 g/mol. The maximum absolute atomic E-state index is 13.1. The summed E-state index contributed by atoms with van der Waals surface area (Å²) in [4.78, 5) is 30.9. The SMILES string of the molecule is C#CCOc1ccc2[nH]c3c(c2c1)C[C@H](C(=O)OC)N(C(=O)C=C)[C@H]3c1ccc2c(c1)OCO2. The zero-order valence-electron chi connectivity index (χ0n) is 18.5. The first-order chi connectivity index (χ1) is 16.5. The summed E-state index contributed by atoms with van der Waals surface area (Å²) < 4.78 is 21.7. The molecule has 0 fully saturated rings. The first-order valence-electron chi connectivity index (χ1n) is 10.7. The van der Waals surface area contributed by atoms with Crippen LogP contribution in [0.2, 0.25) is 0 Å². The van der Waals surface area contributed by atoms with Crippen molar-refractivity contribution in [3.8, 4) is 29.6 Å². The van der Waals surface area contributed by atoms with Crippen LogP contribution in [0.5, 0.6) is 17.2 Å². The third-order valence-electron chi connectivity index (χ3n) is 6.13. The van der Waals surface area contributed by atoms with E-state index in [1.807, 2.05) is 30.3 Å². The monoisotopic (exact) mass is 458 g/mol. The highest BCUT2D eigenvalue weighted by molar-refractivity contribution is 5.94. The fourth-order valence-electron chi connectivity index (χ4n) is 4.66. The number of hydrogen-bond donors (Lipinski definition) is 1. The summed E-state index contributed by atoms with van der Waals surface area (Å²) in [6.45, 7) is 3.92. The van der Waals surface area contributed by atoms with Crippen LogP contribution >= 0.6 is 0 Å². The molecule has 1 N–H and O–H groups in total. The molecule has 0 saturated heterocycles. The number of terminal acetylenes is 1. The molecule has 34 heavy (non-hydrogen) atoms. The van der Waals surface area contributed by atoms with Crippen molar-refractivity contribution in [2.24, 2.45) is 0 Å². The van der Waals surface area contributed by atoms with E-state index in [0.717, 1.165) is 27.7 Å². The van der Waals surface area contributed by atoms with Crippen LogP contribution in [0.1, 0.15) is 22.9 Å². The molecule has 172 valence electrons. The molecule has 2 aromatic carbocycles. The lowest BCUT2D eigenvalue weighted by atomic mass is 9.87. The predicted octanol–water partition coefficient (Wildman–Crippen LogP) is 3.11. The Labute approximate surface area is 196 Å². The zero-order chi connectivity index (χ0) is 23.8. The van der Waals surface area contributed by atoms with Crippen molar-refractivity contribution in [2.75, 3.05) is 20.5 Å². The van der Waals surface area contributed by atoms with Gasteiger partial charge in [0.05, 0.1) is 13.2 Å². The topological polar surface area (TPSA) is 90.1 Å². The minimum atomic E-state index is -0.854. The van der Waals surface area contributed by atoms with Gasteiger partial charge in [0, 0.05) is 23.0 Å². The van der Waals surface area contributed by atoms with Crippen molar-refractivity contribution < 1.29 is 28.5 Å². The third-order valence-corrected chi connectivity index (χ3v) is 6.13. The number of aromatic amines is 1. The van der Waals surface area contributed by atoms with E-state index in [9.17, 15) is 9.59 Å². The molecule has 2 aliphatic heterocycles. The fourth-order valence-corrected chi connectivity index (χ4v) is 4.66. The van der Waals surface area contributed by atoms with Gasteiger partial charge in [0.15, 0.2) is 11.5 Å². The number of rotatable bonds is 5. The number of nitrogens with one attached hydrogen (secondary N) is 1. The maximum atomic E-state index is 13.1. The van der Waals surface area contributed by atoms with Crippen molar-refractivity contribution in [3.05, 3.63) is 65.9 Å². The number of esters is 1. The normalized spacial score (nSPS) is 18.2. The van der Waals surface area contributed by atoms with E-state index in [0.29, 0.717) is 17.2 Å². The van der Waals surface area contributed by atoms with Crippen LogP contribution in [0.25, 0.3) is 10.9 Å². The fraction of sp³-hybridized carbons (Fsp3) is 0.231. The van der Waals surface area contributed by atoms with Gasteiger partial charge in [-0.05, 0) is 47.5 Å². The number of ether oxygens (including phenoxy) is 4. The van der Waals surface area contributed by atoms with Gasteiger partial charge in [0.25, 0.3) is 0 Å². The number of aromatic nitrogens is 1. The summed E-state index contributed by atoms with van der Waals surface area (Å²) in [5.41, 5.74) is 3.29.